The van der Waals surface area contributed by atoms with Gasteiger partial charge in [-0.2, -0.15) is 4.98 Å². The van der Waals surface area contributed by atoms with Crippen LogP contribution in [0.2, 0.25) is 0 Å². The first-order valence-electron chi connectivity index (χ1n) is 5.87. The van der Waals surface area contributed by atoms with Crippen molar-refractivity contribution in [1.82, 2.24) is 10.1 Å². The number of nitrogen functional groups attached to an aromatic ring is 1. The van der Waals surface area contributed by atoms with E-state index in [2.05, 4.69) is 20.8 Å². The molecule has 2 heterocycles. The lowest BCUT2D eigenvalue weighted by Gasteiger charge is -2.09. The molecule has 1 aromatic carbocycles. The van der Waals surface area contributed by atoms with Gasteiger partial charge in [-0.15, -0.1) is 0 Å². The molecule has 0 radical (unpaired) electrons. The molecular weight excluding hydrogens is 246 g/mol. The molecule has 2 aromatic rings. The minimum absolute atomic E-state index is 0.0136. The number of aryl methyl sites for hydroxylation is 1. The fourth-order valence-electron chi connectivity index (χ4n) is 2.03. The zero-order valence-corrected chi connectivity index (χ0v) is 10.4. The Morgan fingerprint density at radius 3 is 3.11 bits per heavy atom. The minimum atomic E-state index is -0.0136. The molecule has 4 N–H and O–H groups in total. The number of aromatic nitrogens is 2. The van der Waals surface area contributed by atoms with Crippen molar-refractivity contribution >= 4 is 23.0 Å². The Balaban J connectivity index is 1.78. The molecule has 0 spiro atoms. The Kier molecular flexibility index (Phi) is 2.59. The molecule has 1 aliphatic heterocycles. The van der Waals surface area contributed by atoms with E-state index < -0.39 is 0 Å². The summed E-state index contributed by atoms with van der Waals surface area (Å²) in [5.41, 5.74) is 8.99. The predicted molar refractivity (Wildman–Crippen MR) is 69.5 cm³/mol. The number of nitrogens with zero attached hydrogens (tertiary/aromatic N) is 2. The van der Waals surface area contributed by atoms with Gasteiger partial charge in [-0.3, -0.25) is 4.79 Å². The van der Waals surface area contributed by atoms with E-state index in [1.807, 2.05) is 6.07 Å². The largest absolute Gasteiger partial charge is 0.397 e. The van der Waals surface area contributed by atoms with Crippen LogP contribution in [0.3, 0.4) is 0 Å². The molecule has 0 saturated carbocycles. The number of carbonyl (C=O) groups excluding carboxylic acids is 1. The second-order valence-electron chi connectivity index (χ2n) is 4.40. The van der Waals surface area contributed by atoms with Gasteiger partial charge in [0.15, 0.2) is 5.82 Å². The van der Waals surface area contributed by atoms with Crippen molar-refractivity contribution in [2.24, 2.45) is 0 Å². The van der Waals surface area contributed by atoms with Crippen LogP contribution in [0, 0.1) is 6.92 Å². The summed E-state index contributed by atoms with van der Waals surface area (Å²) in [7, 11) is 0. The van der Waals surface area contributed by atoms with E-state index >= 15 is 0 Å². The summed E-state index contributed by atoms with van der Waals surface area (Å²) in [6.07, 6.45) is 0.379. The second kappa shape index (κ2) is 4.27. The van der Waals surface area contributed by atoms with Gasteiger partial charge in [0.1, 0.15) is 0 Å². The van der Waals surface area contributed by atoms with Crippen LogP contribution in [0.25, 0.3) is 0 Å². The number of nitrogens with one attached hydrogen (secondary N) is 2. The standard InChI is InChI=1S/C12H13N5O2/c1-6-15-11(17-19-6)5-14-10-4-9-7(2-8(10)13)3-12(18)16-9/h2,4,14H,3,5,13H2,1H3,(H,16,18). The number of anilines is 3. The van der Waals surface area contributed by atoms with E-state index in [1.54, 1.807) is 13.0 Å². The highest BCUT2D eigenvalue weighted by atomic mass is 16.5. The third-order valence-corrected chi connectivity index (χ3v) is 2.91. The number of amides is 1. The summed E-state index contributed by atoms with van der Waals surface area (Å²) in [6.45, 7) is 2.14. The molecular formula is C12H13N5O2. The first kappa shape index (κ1) is 11.5. The van der Waals surface area contributed by atoms with Crippen molar-refractivity contribution in [3.63, 3.8) is 0 Å². The Hall–Kier alpha value is -2.57. The quantitative estimate of drug-likeness (QED) is 0.712. The number of rotatable bonds is 3. The third kappa shape index (κ3) is 2.22. The molecule has 1 aliphatic rings. The van der Waals surface area contributed by atoms with Gasteiger partial charge >= 0.3 is 0 Å². The summed E-state index contributed by atoms with van der Waals surface area (Å²) < 4.78 is 4.88. The number of nitrogens with two attached hydrogens (primary N) is 1. The normalized spacial score (nSPS) is 13.2. The van der Waals surface area contributed by atoms with E-state index in [9.17, 15) is 4.79 Å². The predicted octanol–water partition coefficient (Wildman–Crippen LogP) is 1.07. The average Bonchev–Trinajstić information content (AvgIpc) is 2.91. The first-order valence-corrected chi connectivity index (χ1v) is 5.87. The molecule has 0 fully saturated rings. The Labute approximate surface area is 109 Å². The van der Waals surface area contributed by atoms with Crippen molar-refractivity contribution in [2.45, 2.75) is 19.9 Å². The molecule has 0 bridgehead atoms. The van der Waals surface area contributed by atoms with Gasteiger partial charge in [0.25, 0.3) is 0 Å². The summed E-state index contributed by atoms with van der Waals surface area (Å²) in [4.78, 5) is 15.4. The Morgan fingerprint density at radius 1 is 1.53 bits per heavy atom. The van der Waals surface area contributed by atoms with E-state index in [1.165, 1.54) is 0 Å². The van der Waals surface area contributed by atoms with Gasteiger partial charge in [-0.25, -0.2) is 0 Å². The molecule has 19 heavy (non-hydrogen) atoms. The highest BCUT2D eigenvalue weighted by Gasteiger charge is 2.19. The van der Waals surface area contributed by atoms with Gasteiger partial charge in [0, 0.05) is 12.6 Å². The smallest absolute Gasteiger partial charge is 0.228 e. The SMILES string of the molecule is Cc1nc(CNc2cc3c(cc2N)CC(=O)N3)no1. The molecule has 3 rings (SSSR count). The molecule has 98 valence electrons. The lowest BCUT2D eigenvalue weighted by molar-refractivity contribution is -0.115. The zero-order chi connectivity index (χ0) is 13.4. The van der Waals surface area contributed by atoms with E-state index in [0.717, 1.165) is 16.9 Å². The molecule has 0 aliphatic carbocycles. The van der Waals surface area contributed by atoms with E-state index in [0.29, 0.717) is 30.4 Å². The van der Waals surface area contributed by atoms with Crippen LogP contribution in [-0.4, -0.2) is 16.0 Å². The van der Waals surface area contributed by atoms with Crippen molar-refractivity contribution in [3.8, 4) is 0 Å². The number of hydrogen-bond donors (Lipinski definition) is 3. The highest BCUT2D eigenvalue weighted by molar-refractivity contribution is 6.00. The van der Waals surface area contributed by atoms with Crippen LogP contribution >= 0.6 is 0 Å². The molecule has 7 heteroatoms. The summed E-state index contributed by atoms with van der Waals surface area (Å²) in [6, 6.07) is 3.62. The van der Waals surface area contributed by atoms with Gasteiger partial charge < -0.3 is 20.9 Å². The maximum absolute atomic E-state index is 11.3. The lowest BCUT2D eigenvalue weighted by Crippen LogP contribution is -2.05. The van der Waals surface area contributed by atoms with Crippen LogP contribution in [0.5, 0.6) is 0 Å². The Morgan fingerprint density at radius 2 is 2.37 bits per heavy atom. The van der Waals surface area contributed by atoms with Crippen molar-refractivity contribution < 1.29 is 9.32 Å². The van der Waals surface area contributed by atoms with E-state index in [4.69, 9.17) is 10.3 Å². The fourth-order valence-corrected chi connectivity index (χ4v) is 2.03. The highest BCUT2D eigenvalue weighted by Crippen LogP contribution is 2.31. The van der Waals surface area contributed by atoms with Crippen LogP contribution in [0.15, 0.2) is 16.7 Å². The minimum Gasteiger partial charge on any atom is -0.397 e. The molecule has 0 saturated heterocycles. The molecule has 1 aromatic heterocycles. The van der Waals surface area contributed by atoms with Crippen LogP contribution < -0.4 is 16.4 Å². The van der Waals surface area contributed by atoms with Crippen molar-refractivity contribution in [2.75, 3.05) is 16.4 Å². The van der Waals surface area contributed by atoms with Crippen molar-refractivity contribution in [3.05, 3.63) is 29.4 Å². The molecule has 0 unspecified atom stereocenters. The summed E-state index contributed by atoms with van der Waals surface area (Å²) in [5.74, 6) is 1.06. The second-order valence-corrected chi connectivity index (χ2v) is 4.40. The third-order valence-electron chi connectivity index (χ3n) is 2.91. The van der Waals surface area contributed by atoms with Crippen molar-refractivity contribution in [1.29, 1.82) is 0 Å². The Bertz CT molecular complexity index is 650. The van der Waals surface area contributed by atoms with Gasteiger partial charge in [0.05, 0.1) is 24.3 Å². The monoisotopic (exact) mass is 259 g/mol. The van der Waals surface area contributed by atoms with E-state index in [-0.39, 0.29) is 5.91 Å². The summed E-state index contributed by atoms with van der Waals surface area (Å²) >= 11 is 0. The van der Waals surface area contributed by atoms with Gasteiger partial charge in [-0.1, -0.05) is 5.16 Å². The van der Waals surface area contributed by atoms with Crippen LogP contribution in [0.1, 0.15) is 17.3 Å². The fraction of sp³-hybridized carbons (Fsp3) is 0.250. The van der Waals surface area contributed by atoms with Gasteiger partial charge in [0.2, 0.25) is 11.8 Å². The molecule has 7 nitrogen and oxygen atoms in total. The zero-order valence-electron chi connectivity index (χ0n) is 10.4. The number of carbonyl (C=O) groups is 1. The number of benzene rings is 1. The first-order chi connectivity index (χ1) is 9.11. The lowest BCUT2D eigenvalue weighted by atomic mass is 10.1. The van der Waals surface area contributed by atoms with Gasteiger partial charge in [-0.05, 0) is 17.7 Å². The van der Waals surface area contributed by atoms with Crippen LogP contribution in [0.4, 0.5) is 17.1 Å². The number of hydrogen-bond acceptors (Lipinski definition) is 6. The topological polar surface area (TPSA) is 106 Å². The maximum atomic E-state index is 11.3. The molecule has 1 amide bonds. The molecule has 0 atom stereocenters. The average molecular weight is 259 g/mol. The van der Waals surface area contributed by atoms with Crippen LogP contribution in [-0.2, 0) is 17.8 Å². The number of fused-ring (bicyclic) bond motifs is 1. The summed E-state index contributed by atoms with van der Waals surface area (Å²) in [5, 5.41) is 9.69. The maximum Gasteiger partial charge on any atom is 0.228 e.